The number of hydrogen-bond acceptors (Lipinski definition) is 6. The fourth-order valence-electron chi connectivity index (χ4n) is 2.07. The van der Waals surface area contributed by atoms with E-state index in [1.807, 2.05) is 0 Å². The van der Waals surface area contributed by atoms with Gasteiger partial charge in [-0.2, -0.15) is 0 Å². The normalized spacial score (nSPS) is 15.9. The number of carbonyl (C=O) groups is 3. The van der Waals surface area contributed by atoms with Crippen LogP contribution in [-0.4, -0.2) is 45.8 Å². The van der Waals surface area contributed by atoms with Gasteiger partial charge in [-0.3, -0.25) is 14.5 Å². The third-order valence-corrected chi connectivity index (χ3v) is 4.65. The van der Waals surface area contributed by atoms with Gasteiger partial charge in [-0.1, -0.05) is 36.1 Å². The molecule has 1 aromatic rings. The van der Waals surface area contributed by atoms with Gasteiger partial charge in [0, 0.05) is 13.0 Å². The lowest BCUT2D eigenvalue weighted by Crippen LogP contribution is -2.29. The number of methoxy groups -OCH3 is 1. The highest BCUT2D eigenvalue weighted by molar-refractivity contribution is 8.26. The SMILES string of the molecule is COC(=O)c1ccc(/C=C2\SC(=S)N(CCCC(=O)O)C2=O)cc1. The van der Waals surface area contributed by atoms with Gasteiger partial charge >= 0.3 is 11.9 Å². The van der Waals surface area contributed by atoms with E-state index in [-0.39, 0.29) is 18.9 Å². The Morgan fingerprint density at radius 2 is 2.00 bits per heavy atom. The van der Waals surface area contributed by atoms with Gasteiger partial charge in [0.25, 0.3) is 5.91 Å². The number of thioether (sulfide) groups is 1. The van der Waals surface area contributed by atoms with Gasteiger partial charge in [0.15, 0.2) is 0 Å². The number of ether oxygens (including phenoxy) is 1. The maximum Gasteiger partial charge on any atom is 0.337 e. The van der Waals surface area contributed by atoms with Gasteiger partial charge < -0.3 is 9.84 Å². The first-order valence-electron chi connectivity index (χ1n) is 7.08. The maximum absolute atomic E-state index is 12.3. The molecule has 0 saturated carbocycles. The van der Waals surface area contributed by atoms with Crippen LogP contribution in [0.2, 0.25) is 0 Å². The van der Waals surface area contributed by atoms with E-state index in [1.165, 1.54) is 23.8 Å². The predicted octanol–water partition coefficient (Wildman–Crippen LogP) is 2.54. The molecule has 1 aliphatic heterocycles. The molecule has 1 amide bonds. The molecule has 1 fully saturated rings. The first-order valence-corrected chi connectivity index (χ1v) is 8.30. The molecule has 1 saturated heterocycles. The number of carboxylic acids is 1. The fourth-order valence-corrected chi connectivity index (χ4v) is 3.37. The minimum absolute atomic E-state index is 0.00883. The molecule has 1 heterocycles. The van der Waals surface area contributed by atoms with Crippen LogP contribution < -0.4 is 0 Å². The Labute approximate surface area is 148 Å². The van der Waals surface area contributed by atoms with E-state index in [0.717, 1.165) is 5.56 Å². The van der Waals surface area contributed by atoms with Crippen LogP contribution in [0, 0.1) is 0 Å². The second-order valence-corrected chi connectivity index (χ2v) is 6.62. The van der Waals surface area contributed by atoms with Crippen molar-refractivity contribution in [3.8, 4) is 0 Å². The molecular weight excluding hydrogens is 350 g/mol. The van der Waals surface area contributed by atoms with E-state index in [4.69, 9.17) is 17.3 Å². The van der Waals surface area contributed by atoms with Crippen LogP contribution in [-0.2, 0) is 14.3 Å². The van der Waals surface area contributed by atoms with E-state index in [2.05, 4.69) is 4.74 Å². The lowest BCUT2D eigenvalue weighted by atomic mass is 10.1. The van der Waals surface area contributed by atoms with E-state index in [9.17, 15) is 14.4 Å². The molecule has 8 heteroatoms. The molecule has 126 valence electrons. The van der Waals surface area contributed by atoms with E-state index >= 15 is 0 Å². The van der Waals surface area contributed by atoms with Crippen molar-refractivity contribution >= 4 is 52.2 Å². The van der Waals surface area contributed by atoms with Crippen LogP contribution in [0.25, 0.3) is 6.08 Å². The lowest BCUT2D eigenvalue weighted by Gasteiger charge is -2.13. The molecule has 2 rings (SSSR count). The first-order chi connectivity index (χ1) is 11.4. The molecule has 0 atom stereocenters. The predicted molar refractivity (Wildman–Crippen MR) is 94.5 cm³/mol. The van der Waals surface area contributed by atoms with E-state index < -0.39 is 11.9 Å². The highest BCUT2D eigenvalue weighted by Gasteiger charge is 2.31. The van der Waals surface area contributed by atoms with Crippen molar-refractivity contribution in [1.82, 2.24) is 4.90 Å². The first kappa shape index (κ1) is 18.2. The zero-order valence-electron chi connectivity index (χ0n) is 12.9. The number of rotatable bonds is 6. The van der Waals surface area contributed by atoms with Crippen molar-refractivity contribution in [1.29, 1.82) is 0 Å². The Morgan fingerprint density at radius 3 is 2.58 bits per heavy atom. The van der Waals surface area contributed by atoms with Crippen LogP contribution in [0.5, 0.6) is 0 Å². The van der Waals surface area contributed by atoms with Gasteiger partial charge in [-0.05, 0) is 30.2 Å². The molecule has 0 aromatic heterocycles. The summed E-state index contributed by atoms with van der Waals surface area (Å²) in [6, 6.07) is 6.66. The number of benzene rings is 1. The highest BCUT2D eigenvalue weighted by atomic mass is 32.2. The van der Waals surface area contributed by atoms with Crippen molar-refractivity contribution in [3.63, 3.8) is 0 Å². The average molecular weight is 365 g/mol. The Kier molecular flexibility index (Phi) is 6.10. The fraction of sp³-hybridized carbons (Fsp3) is 0.250. The smallest absolute Gasteiger partial charge is 0.337 e. The topological polar surface area (TPSA) is 83.9 Å². The highest BCUT2D eigenvalue weighted by Crippen LogP contribution is 2.32. The second kappa shape index (κ2) is 8.07. The summed E-state index contributed by atoms with van der Waals surface area (Å²) in [4.78, 5) is 36.2. The van der Waals surface area contributed by atoms with Gasteiger partial charge in [-0.15, -0.1) is 0 Å². The van der Waals surface area contributed by atoms with Crippen molar-refractivity contribution in [2.45, 2.75) is 12.8 Å². The monoisotopic (exact) mass is 365 g/mol. The van der Waals surface area contributed by atoms with E-state index in [0.29, 0.717) is 21.2 Å². The summed E-state index contributed by atoms with van der Waals surface area (Å²) in [5, 5.41) is 8.66. The Balaban J connectivity index is 2.07. The molecule has 0 aliphatic carbocycles. The number of amides is 1. The number of carboxylic acid groups (broad SMARTS) is 1. The summed E-state index contributed by atoms with van der Waals surface area (Å²) in [5.74, 6) is -1.56. The summed E-state index contributed by atoms with van der Waals surface area (Å²) in [7, 11) is 1.31. The number of aliphatic carboxylic acids is 1. The summed E-state index contributed by atoms with van der Waals surface area (Å²) in [6.07, 6.45) is 2.03. The lowest BCUT2D eigenvalue weighted by molar-refractivity contribution is -0.137. The average Bonchev–Trinajstić information content (AvgIpc) is 2.82. The van der Waals surface area contributed by atoms with Crippen LogP contribution in [0.15, 0.2) is 29.2 Å². The maximum atomic E-state index is 12.3. The molecule has 6 nitrogen and oxygen atoms in total. The van der Waals surface area contributed by atoms with Gasteiger partial charge in [0.05, 0.1) is 17.6 Å². The third kappa shape index (κ3) is 4.42. The van der Waals surface area contributed by atoms with E-state index in [1.54, 1.807) is 30.3 Å². The number of nitrogens with zero attached hydrogens (tertiary/aromatic N) is 1. The summed E-state index contributed by atoms with van der Waals surface area (Å²) in [6.45, 7) is 0.287. The Bertz CT molecular complexity index is 712. The number of thiocarbonyl (C=S) groups is 1. The Hall–Kier alpha value is -2.19. The molecule has 24 heavy (non-hydrogen) atoms. The minimum atomic E-state index is -0.901. The van der Waals surface area contributed by atoms with Crippen LogP contribution in [0.3, 0.4) is 0 Å². The van der Waals surface area contributed by atoms with Crippen molar-refractivity contribution in [2.75, 3.05) is 13.7 Å². The van der Waals surface area contributed by atoms with Gasteiger partial charge in [-0.25, -0.2) is 4.79 Å². The molecule has 1 N–H and O–H groups in total. The summed E-state index contributed by atoms with van der Waals surface area (Å²) in [5.41, 5.74) is 1.18. The third-order valence-electron chi connectivity index (χ3n) is 3.28. The molecule has 0 spiro atoms. The van der Waals surface area contributed by atoms with Crippen molar-refractivity contribution in [2.24, 2.45) is 0 Å². The van der Waals surface area contributed by atoms with Crippen LogP contribution >= 0.6 is 24.0 Å². The summed E-state index contributed by atoms with van der Waals surface area (Å²) >= 11 is 6.36. The molecule has 0 bridgehead atoms. The minimum Gasteiger partial charge on any atom is -0.481 e. The number of carbonyl (C=O) groups excluding carboxylic acids is 2. The molecule has 0 unspecified atom stereocenters. The van der Waals surface area contributed by atoms with Gasteiger partial charge in [0.2, 0.25) is 0 Å². The molecule has 1 aromatic carbocycles. The van der Waals surface area contributed by atoms with Crippen molar-refractivity contribution in [3.05, 3.63) is 40.3 Å². The Morgan fingerprint density at radius 1 is 1.33 bits per heavy atom. The number of esters is 1. The number of hydrogen-bond donors (Lipinski definition) is 1. The molecule has 1 aliphatic rings. The molecular formula is C16H15NO5S2. The van der Waals surface area contributed by atoms with Gasteiger partial charge in [0.1, 0.15) is 4.32 Å². The zero-order valence-corrected chi connectivity index (χ0v) is 14.5. The van der Waals surface area contributed by atoms with Crippen LogP contribution in [0.4, 0.5) is 0 Å². The van der Waals surface area contributed by atoms with Crippen molar-refractivity contribution < 1.29 is 24.2 Å². The summed E-state index contributed by atoms with van der Waals surface area (Å²) < 4.78 is 5.05. The zero-order chi connectivity index (χ0) is 17.7. The van der Waals surface area contributed by atoms with Crippen LogP contribution in [0.1, 0.15) is 28.8 Å². The standard InChI is InChI=1S/C16H15NO5S2/c1-22-15(21)11-6-4-10(5-7-11)9-12-14(20)17(16(23)24-12)8-2-3-13(18)19/h4-7,9H,2-3,8H2,1H3,(H,18,19)/b12-9-. The second-order valence-electron chi connectivity index (χ2n) is 4.94. The largest absolute Gasteiger partial charge is 0.481 e. The quantitative estimate of drug-likeness (QED) is 0.471. The molecule has 0 radical (unpaired) electrons.